The molecule has 4 heteroatoms. The quantitative estimate of drug-likeness (QED) is 0.867. The van der Waals surface area contributed by atoms with E-state index in [1.54, 1.807) is 0 Å². The van der Waals surface area contributed by atoms with Crippen molar-refractivity contribution >= 4 is 5.78 Å². The van der Waals surface area contributed by atoms with E-state index in [9.17, 15) is 4.79 Å². The molecular formula is C17H20N2O2. The lowest BCUT2D eigenvalue weighted by molar-refractivity contribution is -0.123. The number of ether oxygens (including phenoxy) is 1. The molecule has 0 N–H and O–H groups in total. The minimum absolute atomic E-state index is 0.0656. The molecule has 0 saturated carbocycles. The first-order valence-corrected chi connectivity index (χ1v) is 7.41. The van der Waals surface area contributed by atoms with Crippen molar-refractivity contribution in [3.05, 3.63) is 47.8 Å². The highest BCUT2D eigenvalue weighted by Crippen LogP contribution is 2.27. The number of fused-ring (bicyclic) bond motifs is 1. The van der Waals surface area contributed by atoms with Crippen LogP contribution in [0, 0.1) is 5.92 Å². The van der Waals surface area contributed by atoms with Gasteiger partial charge in [-0.05, 0) is 38.0 Å². The Hall–Kier alpha value is -2.10. The van der Waals surface area contributed by atoms with Gasteiger partial charge < -0.3 is 4.74 Å². The summed E-state index contributed by atoms with van der Waals surface area (Å²) in [5, 5.41) is 4.44. The van der Waals surface area contributed by atoms with E-state index >= 15 is 0 Å². The summed E-state index contributed by atoms with van der Waals surface area (Å²) in [6.07, 6.45) is 3.08. The van der Waals surface area contributed by atoms with E-state index in [0.717, 1.165) is 23.4 Å². The summed E-state index contributed by atoms with van der Waals surface area (Å²) in [6.45, 7) is 4.62. The van der Waals surface area contributed by atoms with Crippen LogP contribution >= 0.6 is 0 Å². The van der Waals surface area contributed by atoms with Crippen LogP contribution in [0.1, 0.15) is 31.1 Å². The highest BCUT2D eigenvalue weighted by molar-refractivity contribution is 5.83. The Morgan fingerprint density at radius 3 is 2.95 bits per heavy atom. The number of nitrogens with zero attached hydrogens (tertiary/aromatic N) is 2. The van der Waals surface area contributed by atoms with E-state index in [1.165, 1.54) is 0 Å². The Labute approximate surface area is 124 Å². The molecule has 0 saturated heterocycles. The second kappa shape index (κ2) is 5.72. The zero-order chi connectivity index (χ0) is 14.8. The standard InChI is InChI=1S/C17H20N2O2/c1-12(2)19-8-7-15(18-19)10-16(20)14-9-13-5-3-4-6-17(13)21-11-14/h3-8,12,14H,9-11H2,1-2H3. The van der Waals surface area contributed by atoms with Gasteiger partial charge in [0.15, 0.2) is 0 Å². The van der Waals surface area contributed by atoms with Crippen LogP contribution in [-0.4, -0.2) is 22.2 Å². The molecule has 1 unspecified atom stereocenters. The Balaban J connectivity index is 1.66. The van der Waals surface area contributed by atoms with Gasteiger partial charge in [0.05, 0.1) is 24.6 Å². The third-order valence-electron chi connectivity index (χ3n) is 3.88. The molecule has 21 heavy (non-hydrogen) atoms. The summed E-state index contributed by atoms with van der Waals surface area (Å²) < 4.78 is 7.58. The maximum absolute atomic E-state index is 12.4. The van der Waals surface area contributed by atoms with Crippen LogP contribution in [-0.2, 0) is 17.6 Å². The molecule has 1 atom stereocenters. The van der Waals surface area contributed by atoms with Gasteiger partial charge in [0.25, 0.3) is 0 Å². The lowest BCUT2D eigenvalue weighted by Gasteiger charge is -2.24. The molecule has 4 nitrogen and oxygen atoms in total. The molecule has 0 fully saturated rings. The summed E-state index contributed by atoms with van der Waals surface area (Å²) in [6, 6.07) is 10.2. The molecule has 0 amide bonds. The van der Waals surface area contributed by atoms with Crippen LogP contribution in [0.3, 0.4) is 0 Å². The Morgan fingerprint density at radius 1 is 1.38 bits per heavy atom. The second-order valence-electron chi connectivity index (χ2n) is 5.84. The number of carbonyl (C=O) groups excluding carboxylic acids is 1. The summed E-state index contributed by atoms with van der Waals surface area (Å²) in [5.74, 6) is 1.05. The van der Waals surface area contributed by atoms with Crippen molar-refractivity contribution in [2.75, 3.05) is 6.61 Å². The third kappa shape index (κ3) is 2.99. The van der Waals surface area contributed by atoms with Gasteiger partial charge in [-0.3, -0.25) is 9.48 Å². The minimum Gasteiger partial charge on any atom is -0.493 e. The van der Waals surface area contributed by atoms with Gasteiger partial charge in [0, 0.05) is 12.2 Å². The molecule has 1 aliphatic rings. The van der Waals surface area contributed by atoms with Crippen molar-refractivity contribution in [3.63, 3.8) is 0 Å². The van der Waals surface area contributed by atoms with Gasteiger partial charge in [0.2, 0.25) is 0 Å². The molecule has 1 aromatic carbocycles. The van der Waals surface area contributed by atoms with Crippen LogP contribution in [0.4, 0.5) is 0 Å². The lowest BCUT2D eigenvalue weighted by Crippen LogP contribution is -2.29. The Bertz CT molecular complexity index is 646. The van der Waals surface area contributed by atoms with Crippen LogP contribution in [0.2, 0.25) is 0 Å². The number of benzene rings is 1. The van der Waals surface area contributed by atoms with Gasteiger partial charge in [0.1, 0.15) is 11.5 Å². The fourth-order valence-corrected chi connectivity index (χ4v) is 2.62. The molecular weight excluding hydrogens is 264 g/mol. The second-order valence-corrected chi connectivity index (χ2v) is 5.84. The number of carbonyl (C=O) groups is 1. The van der Waals surface area contributed by atoms with Gasteiger partial charge in [-0.2, -0.15) is 5.10 Å². The highest BCUT2D eigenvalue weighted by Gasteiger charge is 2.26. The fraction of sp³-hybridized carbons (Fsp3) is 0.412. The average Bonchev–Trinajstić information content (AvgIpc) is 2.95. The van der Waals surface area contributed by atoms with Crippen molar-refractivity contribution in [1.82, 2.24) is 9.78 Å². The molecule has 2 aromatic rings. The van der Waals surface area contributed by atoms with Gasteiger partial charge in [-0.1, -0.05) is 18.2 Å². The molecule has 1 aliphatic heterocycles. The fourth-order valence-electron chi connectivity index (χ4n) is 2.62. The van der Waals surface area contributed by atoms with E-state index in [2.05, 4.69) is 18.9 Å². The summed E-state index contributed by atoms with van der Waals surface area (Å²) in [5.41, 5.74) is 1.96. The zero-order valence-corrected chi connectivity index (χ0v) is 12.5. The molecule has 0 radical (unpaired) electrons. The number of Topliss-reactive ketones (excluding diaryl/α,β-unsaturated/α-hetero) is 1. The topological polar surface area (TPSA) is 44.1 Å². The molecule has 0 bridgehead atoms. The van der Waals surface area contributed by atoms with Crippen molar-refractivity contribution in [2.24, 2.45) is 5.92 Å². The van der Waals surface area contributed by atoms with Crippen molar-refractivity contribution in [2.45, 2.75) is 32.7 Å². The van der Waals surface area contributed by atoms with Gasteiger partial charge in [-0.15, -0.1) is 0 Å². The van der Waals surface area contributed by atoms with Crippen LogP contribution in [0.5, 0.6) is 5.75 Å². The normalized spacial score (nSPS) is 17.4. The highest BCUT2D eigenvalue weighted by atomic mass is 16.5. The van der Waals surface area contributed by atoms with Gasteiger partial charge >= 0.3 is 0 Å². The Morgan fingerprint density at radius 2 is 2.19 bits per heavy atom. The molecule has 110 valence electrons. The summed E-state index contributed by atoms with van der Waals surface area (Å²) >= 11 is 0. The number of ketones is 1. The van der Waals surface area contributed by atoms with E-state index in [-0.39, 0.29) is 11.7 Å². The first kappa shape index (κ1) is 13.9. The number of aromatic nitrogens is 2. The number of hydrogen-bond acceptors (Lipinski definition) is 3. The number of para-hydroxylation sites is 1. The smallest absolute Gasteiger partial charge is 0.145 e. The van der Waals surface area contributed by atoms with E-state index < -0.39 is 0 Å². The Kier molecular flexibility index (Phi) is 3.78. The van der Waals surface area contributed by atoms with E-state index in [0.29, 0.717) is 19.1 Å². The third-order valence-corrected chi connectivity index (χ3v) is 3.88. The molecule has 1 aromatic heterocycles. The lowest BCUT2D eigenvalue weighted by atomic mass is 9.91. The monoisotopic (exact) mass is 284 g/mol. The maximum atomic E-state index is 12.4. The van der Waals surface area contributed by atoms with Crippen molar-refractivity contribution in [3.8, 4) is 5.75 Å². The minimum atomic E-state index is -0.0656. The maximum Gasteiger partial charge on any atom is 0.145 e. The molecule has 0 aliphatic carbocycles. The van der Waals surface area contributed by atoms with Crippen molar-refractivity contribution in [1.29, 1.82) is 0 Å². The van der Waals surface area contributed by atoms with Crippen molar-refractivity contribution < 1.29 is 9.53 Å². The molecule has 3 rings (SSSR count). The predicted molar refractivity (Wildman–Crippen MR) is 80.5 cm³/mol. The summed E-state index contributed by atoms with van der Waals surface area (Å²) in [4.78, 5) is 12.4. The van der Waals surface area contributed by atoms with E-state index in [1.807, 2.05) is 41.2 Å². The van der Waals surface area contributed by atoms with Crippen LogP contribution < -0.4 is 4.74 Å². The first-order valence-electron chi connectivity index (χ1n) is 7.41. The first-order chi connectivity index (χ1) is 10.1. The van der Waals surface area contributed by atoms with Crippen LogP contribution in [0.25, 0.3) is 0 Å². The largest absolute Gasteiger partial charge is 0.493 e. The molecule has 2 heterocycles. The van der Waals surface area contributed by atoms with E-state index in [4.69, 9.17) is 4.74 Å². The molecule has 0 spiro atoms. The SMILES string of the molecule is CC(C)n1ccc(CC(=O)C2COc3ccccc3C2)n1. The summed E-state index contributed by atoms with van der Waals surface area (Å²) in [7, 11) is 0. The van der Waals surface area contributed by atoms with Gasteiger partial charge in [-0.25, -0.2) is 0 Å². The van der Waals surface area contributed by atoms with Crippen LogP contribution in [0.15, 0.2) is 36.5 Å². The number of hydrogen-bond donors (Lipinski definition) is 0. The average molecular weight is 284 g/mol. The predicted octanol–water partition coefficient (Wildman–Crippen LogP) is 2.83. The zero-order valence-electron chi connectivity index (χ0n) is 12.5. The number of rotatable bonds is 4.